The average Bonchev–Trinajstić information content (AvgIpc) is 3.67. The van der Waals surface area contributed by atoms with Crippen LogP contribution in [0.4, 0.5) is 0 Å². The first-order valence-electron chi connectivity index (χ1n) is 16.0. The van der Waals surface area contributed by atoms with E-state index in [4.69, 9.17) is 26.1 Å². The maximum Gasteiger partial charge on any atom is 0.257 e. The topological polar surface area (TPSA) is 68.6 Å². The molecule has 0 spiro atoms. The SMILES string of the molecule is Cc1nc2c(c(=O)n1CCOC1CCC(Cl)CC1C1CC(C)NC3CCSC31)CC(N1CC3COCC3C1)CC2. The fourth-order valence-electron chi connectivity index (χ4n) is 9.09. The average molecular weight is 591 g/mol. The second kappa shape index (κ2) is 11.8. The van der Waals surface area contributed by atoms with Crippen molar-refractivity contribution in [3.63, 3.8) is 0 Å². The Labute approximate surface area is 248 Å². The van der Waals surface area contributed by atoms with Crippen LogP contribution >= 0.6 is 23.4 Å². The predicted octanol–water partition coefficient (Wildman–Crippen LogP) is 3.65. The van der Waals surface area contributed by atoms with Gasteiger partial charge in [0.1, 0.15) is 5.82 Å². The third-order valence-electron chi connectivity index (χ3n) is 11.1. The molecular weight excluding hydrogens is 544 g/mol. The van der Waals surface area contributed by atoms with Crippen molar-refractivity contribution in [3.8, 4) is 0 Å². The number of fused-ring (bicyclic) bond motifs is 3. The molecule has 0 amide bonds. The van der Waals surface area contributed by atoms with E-state index in [2.05, 4.69) is 28.9 Å². The highest BCUT2D eigenvalue weighted by Crippen LogP contribution is 2.47. The highest BCUT2D eigenvalue weighted by molar-refractivity contribution is 8.00. The zero-order valence-corrected chi connectivity index (χ0v) is 25.8. The minimum Gasteiger partial charge on any atom is -0.381 e. The largest absolute Gasteiger partial charge is 0.381 e. The van der Waals surface area contributed by atoms with Gasteiger partial charge in [0.15, 0.2) is 0 Å². The molecule has 0 radical (unpaired) electrons. The van der Waals surface area contributed by atoms with Gasteiger partial charge in [-0.15, -0.1) is 11.6 Å². The van der Waals surface area contributed by atoms with Gasteiger partial charge in [0.2, 0.25) is 0 Å². The fraction of sp³-hybridized carbons (Fsp3) is 0.871. The van der Waals surface area contributed by atoms with Crippen molar-refractivity contribution < 1.29 is 9.47 Å². The van der Waals surface area contributed by atoms with Crippen molar-refractivity contribution in [1.82, 2.24) is 19.8 Å². The van der Waals surface area contributed by atoms with Gasteiger partial charge in [-0.3, -0.25) is 14.3 Å². The number of hydrogen-bond donors (Lipinski definition) is 1. The van der Waals surface area contributed by atoms with Crippen LogP contribution in [0.3, 0.4) is 0 Å². The molecule has 1 saturated carbocycles. The van der Waals surface area contributed by atoms with E-state index < -0.39 is 0 Å². The molecule has 4 saturated heterocycles. The standard InChI is InChI=1S/C31H47ClN4O3S/c1-18-11-25(30-28(33-18)7-10-40-30)24-12-22(32)3-6-29(24)39-9-8-36-19(2)34-27-5-4-23(13-26(27)31(36)37)35-14-20-16-38-17-21(20)15-35/h18,20-25,28-30,33H,3-17H2,1-2H3. The number of hydrogen-bond acceptors (Lipinski definition) is 7. The number of aromatic nitrogens is 2. The van der Waals surface area contributed by atoms with Crippen LogP contribution in [0.2, 0.25) is 0 Å². The van der Waals surface area contributed by atoms with Crippen LogP contribution < -0.4 is 10.9 Å². The number of nitrogens with one attached hydrogen (secondary N) is 1. The molecule has 2 aliphatic carbocycles. The lowest BCUT2D eigenvalue weighted by molar-refractivity contribution is -0.0407. The number of nitrogens with zero attached hydrogens (tertiary/aromatic N) is 3. The number of aryl methyl sites for hydroxylation is 2. The molecule has 0 aromatic carbocycles. The Morgan fingerprint density at radius 2 is 1.95 bits per heavy atom. The van der Waals surface area contributed by atoms with Crippen molar-refractivity contribution in [2.45, 2.75) is 107 Å². The van der Waals surface area contributed by atoms with Gasteiger partial charge in [-0.25, -0.2) is 4.98 Å². The minimum atomic E-state index is 0.164. The molecule has 40 heavy (non-hydrogen) atoms. The summed E-state index contributed by atoms with van der Waals surface area (Å²) in [5.74, 6) is 4.60. The van der Waals surface area contributed by atoms with E-state index in [1.54, 1.807) is 0 Å². The lowest BCUT2D eigenvalue weighted by Crippen LogP contribution is -2.54. The Morgan fingerprint density at radius 1 is 1.12 bits per heavy atom. The number of thioether (sulfide) groups is 1. The van der Waals surface area contributed by atoms with Crippen LogP contribution in [0, 0.1) is 30.6 Å². The van der Waals surface area contributed by atoms with Gasteiger partial charge in [0.05, 0.1) is 38.2 Å². The Hall–Kier alpha value is -0.640. The van der Waals surface area contributed by atoms with Crippen molar-refractivity contribution in [3.05, 3.63) is 27.4 Å². The summed E-state index contributed by atoms with van der Waals surface area (Å²) in [6.07, 6.45) is 8.67. The summed E-state index contributed by atoms with van der Waals surface area (Å²) in [7, 11) is 0. The molecule has 9 heteroatoms. The van der Waals surface area contributed by atoms with Crippen molar-refractivity contribution >= 4 is 23.4 Å². The van der Waals surface area contributed by atoms with Gasteiger partial charge in [0.25, 0.3) is 5.56 Å². The summed E-state index contributed by atoms with van der Waals surface area (Å²) in [6, 6.07) is 1.65. The molecule has 10 atom stereocenters. The van der Waals surface area contributed by atoms with Gasteiger partial charge >= 0.3 is 0 Å². The molecular formula is C31H47ClN4O3S. The third kappa shape index (κ3) is 5.43. The van der Waals surface area contributed by atoms with E-state index >= 15 is 0 Å². The molecule has 4 aliphatic heterocycles. The number of likely N-dealkylation sites (tertiary alicyclic amines) is 1. The van der Waals surface area contributed by atoms with Gasteiger partial charge in [0, 0.05) is 59.2 Å². The fourth-order valence-corrected chi connectivity index (χ4v) is 11.1. The van der Waals surface area contributed by atoms with E-state index in [0.29, 0.717) is 60.2 Å². The van der Waals surface area contributed by atoms with E-state index in [-0.39, 0.29) is 17.0 Å². The summed E-state index contributed by atoms with van der Waals surface area (Å²) in [6.45, 7) is 9.53. The molecule has 6 aliphatic rings. The quantitative estimate of drug-likeness (QED) is 0.507. The summed E-state index contributed by atoms with van der Waals surface area (Å²) in [5.41, 5.74) is 2.14. The summed E-state index contributed by atoms with van der Waals surface area (Å²) in [5, 5.41) is 4.79. The first kappa shape index (κ1) is 28.1. The maximum atomic E-state index is 13.8. The predicted molar refractivity (Wildman–Crippen MR) is 160 cm³/mol. The first-order chi connectivity index (χ1) is 19.4. The van der Waals surface area contributed by atoms with E-state index in [9.17, 15) is 4.79 Å². The van der Waals surface area contributed by atoms with Crippen LogP contribution in [0.1, 0.15) is 62.5 Å². The van der Waals surface area contributed by atoms with Gasteiger partial charge in [-0.2, -0.15) is 11.8 Å². The highest BCUT2D eigenvalue weighted by atomic mass is 35.5. The van der Waals surface area contributed by atoms with Gasteiger partial charge in [-0.05, 0) is 82.8 Å². The van der Waals surface area contributed by atoms with Crippen LogP contribution in [-0.4, -0.2) is 88.0 Å². The van der Waals surface area contributed by atoms with Gasteiger partial charge < -0.3 is 14.8 Å². The zero-order chi connectivity index (χ0) is 27.4. The van der Waals surface area contributed by atoms with Crippen LogP contribution in [0.15, 0.2) is 4.79 Å². The molecule has 1 aromatic heterocycles. The molecule has 0 bridgehead atoms. The van der Waals surface area contributed by atoms with E-state index in [1.807, 2.05) is 11.5 Å². The first-order valence-corrected chi connectivity index (χ1v) is 17.5. The molecule has 5 heterocycles. The van der Waals surface area contributed by atoms with E-state index in [1.165, 1.54) is 18.6 Å². The molecule has 1 aromatic rings. The Balaban J connectivity index is 1.02. The summed E-state index contributed by atoms with van der Waals surface area (Å²) >= 11 is 8.92. The Bertz CT molecular complexity index is 1120. The number of piperidine rings is 1. The maximum absolute atomic E-state index is 13.8. The number of rotatable bonds is 6. The third-order valence-corrected chi connectivity index (χ3v) is 13.1. The normalized spacial score (nSPS) is 41.6. The van der Waals surface area contributed by atoms with Crippen LogP contribution in [0.25, 0.3) is 0 Å². The minimum absolute atomic E-state index is 0.164. The van der Waals surface area contributed by atoms with Crippen LogP contribution in [0.5, 0.6) is 0 Å². The number of ether oxygens (including phenoxy) is 2. The molecule has 10 unspecified atom stereocenters. The number of halogens is 1. The molecule has 7 nitrogen and oxygen atoms in total. The van der Waals surface area contributed by atoms with Crippen molar-refractivity contribution in [2.24, 2.45) is 23.7 Å². The molecule has 1 N–H and O–H groups in total. The summed E-state index contributed by atoms with van der Waals surface area (Å²) in [4.78, 5) is 21.4. The second-order valence-electron chi connectivity index (χ2n) is 13.6. The second-order valence-corrected chi connectivity index (χ2v) is 15.5. The van der Waals surface area contributed by atoms with Crippen molar-refractivity contribution in [2.75, 3.05) is 38.7 Å². The zero-order valence-electron chi connectivity index (χ0n) is 24.2. The Morgan fingerprint density at radius 3 is 2.77 bits per heavy atom. The van der Waals surface area contributed by atoms with Crippen molar-refractivity contribution in [1.29, 1.82) is 0 Å². The molecule has 222 valence electrons. The lowest BCUT2D eigenvalue weighted by atomic mass is 9.71. The number of alkyl halides is 1. The summed E-state index contributed by atoms with van der Waals surface area (Å²) < 4.78 is 14.3. The monoisotopic (exact) mass is 590 g/mol. The molecule has 5 fully saturated rings. The van der Waals surface area contributed by atoms with E-state index in [0.717, 1.165) is 81.9 Å². The lowest BCUT2D eigenvalue weighted by Gasteiger charge is -2.46. The smallest absolute Gasteiger partial charge is 0.257 e. The highest BCUT2D eigenvalue weighted by Gasteiger charge is 2.47. The Kier molecular flexibility index (Phi) is 8.30. The van der Waals surface area contributed by atoms with Gasteiger partial charge in [-0.1, -0.05) is 0 Å². The van der Waals surface area contributed by atoms with Crippen LogP contribution in [-0.2, 0) is 28.9 Å². The molecule has 7 rings (SSSR count).